The number of aryl methyl sites for hydroxylation is 2. The fourth-order valence-electron chi connectivity index (χ4n) is 2.79. The molecule has 0 saturated carbocycles. The Labute approximate surface area is 133 Å². The first-order valence-corrected chi connectivity index (χ1v) is 8.58. The van der Waals surface area contributed by atoms with Crippen LogP contribution in [0, 0.1) is 13.8 Å². The van der Waals surface area contributed by atoms with Gasteiger partial charge in [0.05, 0.1) is 0 Å². The Balaban J connectivity index is 2.16. The monoisotopic (exact) mass is 299 g/mol. The van der Waals surface area contributed by atoms with Gasteiger partial charge >= 0.3 is 0 Å². The number of hydrogen-bond acceptors (Lipinski definition) is 2. The number of rotatable bonds is 6. The molecule has 0 aliphatic rings. The van der Waals surface area contributed by atoms with E-state index in [1.165, 1.54) is 27.1 Å². The molecule has 0 aliphatic carbocycles. The van der Waals surface area contributed by atoms with Gasteiger partial charge in [0.25, 0.3) is 0 Å². The summed E-state index contributed by atoms with van der Waals surface area (Å²) >= 11 is 1.94. The minimum absolute atomic E-state index is 0.438. The van der Waals surface area contributed by atoms with Gasteiger partial charge in [-0.15, -0.1) is 11.8 Å². The van der Waals surface area contributed by atoms with E-state index in [9.17, 15) is 0 Å². The van der Waals surface area contributed by atoms with Crippen LogP contribution in [0.1, 0.15) is 41.6 Å². The van der Waals surface area contributed by atoms with Crippen LogP contribution in [-0.4, -0.2) is 7.05 Å². The summed E-state index contributed by atoms with van der Waals surface area (Å²) in [7, 11) is 2.04. The molecule has 1 atom stereocenters. The van der Waals surface area contributed by atoms with Gasteiger partial charge in [-0.2, -0.15) is 0 Å². The number of nitrogens with one attached hydrogen (secondary N) is 1. The number of hydrogen-bond donors (Lipinski definition) is 1. The van der Waals surface area contributed by atoms with E-state index >= 15 is 0 Å². The quantitative estimate of drug-likeness (QED) is 0.730. The molecule has 112 valence electrons. The van der Waals surface area contributed by atoms with E-state index in [1.807, 2.05) is 18.8 Å². The summed E-state index contributed by atoms with van der Waals surface area (Å²) in [5.41, 5.74) is 5.52. The van der Waals surface area contributed by atoms with Crippen molar-refractivity contribution in [1.82, 2.24) is 5.32 Å². The molecule has 0 radical (unpaired) electrons. The molecule has 0 aliphatic heterocycles. The highest BCUT2D eigenvalue weighted by molar-refractivity contribution is 7.98. The van der Waals surface area contributed by atoms with E-state index < -0.39 is 0 Å². The summed E-state index contributed by atoms with van der Waals surface area (Å²) in [5.74, 6) is 1.03. The average Bonchev–Trinajstić information content (AvgIpc) is 2.46. The summed E-state index contributed by atoms with van der Waals surface area (Å²) < 4.78 is 0. The average molecular weight is 299 g/mol. The van der Waals surface area contributed by atoms with E-state index in [0.29, 0.717) is 6.04 Å². The zero-order valence-electron chi connectivity index (χ0n) is 13.4. The second kappa shape index (κ2) is 7.67. The molecule has 0 bridgehead atoms. The van der Waals surface area contributed by atoms with Crippen molar-refractivity contribution in [2.24, 2.45) is 0 Å². The molecular formula is C19H25NS. The standard InChI is InChI=1S/C19H25NS/c1-5-18(20-4)17-8-6-7-9-19(17)21-13-16-11-14(2)10-15(3)12-16/h6-12,18,20H,5,13H2,1-4H3. The first-order valence-electron chi connectivity index (χ1n) is 7.60. The second-order valence-corrected chi connectivity index (χ2v) is 6.59. The first-order chi connectivity index (χ1) is 10.1. The Kier molecular flexibility index (Phi) is 5.89. The van der Waals surface area contributed by atoms with E-state index in [-0.39, 0.29) is 0 Å². The third-order valence-electron chi connectivity index (χ3n) is 3.73. The van der Waals surface area contributed by atoms with Crippen molar-refractivity contribution in [3.8, 4) is 0 Å². The van der Waals surface area contributed by atoms with Crippen molar-refractivity contribution in [1.29, 1.82) is 0 Å². The SMILES string of the molecule is CCC(NC)c1ccccc1SCc1cc(C)cc(C)c1. The third-order valence-corrected chi connectivity index (χ3v) is 4.89. The summed E-state index contributed by atoms with van der Waals surface area (Å²) in [6.07, 6.45) is 1.11. The summed E-state index contributed by atoms with van der Waals surface area (Å²) in [5, 5.41) is 3.41. The lowest BCUT2D eigenvalue weighted by Crippen LogP contribution is -2.15. The van der Waals surface area contributed by atoms with Crippen LogP contribution in [0.3, 0.4) is 0 Å². The normalized spacial score (nSPS) is 12.4. The predicted octanol–water partition coefficient (Wildman–Crippen LogP) is 5.27. The molecular weight excluding hydrogens is 274 g/mol. The topological polar surface area (TPSA) is 12.0 Å². The van der Waals surface area contributed by atoms with Gasteiger partial charge < -0.3 is 5.32 Å². The van der Waals surface area contributed by atoms with Gasteiger partial charge in [0, 0.05) is 16.7 Å². The number of thioether (sulfide) groups is 1. The molecule has 1 unspecified atom stereocenters. The van der Waals surface area contributed by atoms with E-state index in [1.54, 1.807) is 0 Å². The Morgan fingerprint density at radius 3 is 2.33 bits per heavy atom. The molecule has 1 nitrogen and oxygen atoms in total. The second-order valence-electron chi connectivity index (χ2n) is 5.57. The first kappa shape index (κ1) is 16.1. The van der Waals surface area contributed by atoms with Gasteiger partial charge in [-0.05, 0) is 44.5 Å². The summed E-state index contributed by atoms with van der Waals surface area (Å²) in [6, 6.07) is 16.0. The predicted molar refractivity (Wildman–Crippen MR) is 94.0 cm³/mol. The van der Waals surface area contributed by atoms with Crippen LogP contribution >= 0.6 is 11.8 Å². The fourth-order valence-corrected chi connectivity index (χ4v) is 3.83. The van der Waals surface area contributed by atoms with E-state index in [2.05, 4.69) is 68.6 Å². The lowest BCUT2D eigenvalue weighted by atomic mass is 10.1. The summed E-state index contributed by atoms with van der Waals surface area (Å²) in [6.45, 7) is 6.57. The van der Waals surface area contributed by atoms with Crippen molar-refractivity contribution in [3.05, 3.63) is 64.7 Å². The molecule has 21 heavy (non-hydrogen) atoms. The molecule has 0 spiro atoms. The highest BCUT2D eigenvalue weighted by atomic mass is 32.2. The van der Waals surface area contributed by atoms with Gasteiger partial charge in [0.2, 0.25) is 0 Å². The van der Waals surface area contributed by atoms with Crippen LogP contribution < -0.4 is 5.32 Å². The smallest absolute Gasteiger partial charge is 0.0326 e. The Morgan fingerprint density at radius 1 is 1.05 bits per heavy atom. The van der Waals surface area contributed by atoms with Crippen molar-refractivity contribution in [2.75, 3.05) is 7.05 Å². The van der Waals surface area contributed by atoms with Gasteiger partial charge in [0.15, 0.2) is 0 Å². The zero-order chi connectivity index (χ0) is 15.2. The van der Waals surface area contributed by atoms with Crippen molar-refractivity contribution >= 4 is 11.8 Å². The molecule has 0 heterocycles. The van der Waals surface area contributed by atoms with Crippen molar-refractivity contribution in [3.63, 3.8) is 0 Å². The zero-order valence-corrected chi connectivity index (χ0v) is 14.3. The minimum atomic E-state index is 0.438. The maximum Gasteiger partial charge on any atom is 0.0326 e. The van der Waals surface area contributed by atoms with Gasteiger partial charge in [-0.25, -0.2) is 0 Å². The van der Waals surface area contributed by atoms with Gasteiger partial charge in [0.1, 0.15) is 0 Å². The third kappa shape index (κ3) is 4.36. The van der Waals surface area contributed by atoms with Crippen LogP contribution in [0.4, 0.5) is 0 Å². The molecule has 2 heteroatoms. The Bertz CT molecular complexity index is 568. The van der Waals surface area contributed by atoms with Gasteiger partial charge in [-0.1, -0.05) is 54.4 Å². The molecule has 2 aromatic rings. The minimum Gasteiger partial charge on any atom is -0.313 e. The van der Waals surface area contributed by atoms with Crippen LogP contribution in [0.5, 0.6) is 0 Å². The molecule has 0 saturated heterocycles. The molecule has 1 N–H and O–H groups in total. The molecule has 0 fully saturated rings. The summed E-state index contributed by atoms with van der Waals surface area (Å²) in [4.78, 5) is 1.39. The highest BCUT2D eigenvalue weighted by Crippen LogP contribution is 2.31. The number of benzene rings is 2. The van der Waals surface area contributed by atoms with Crippen LogP contribution in [0.2, 0.25) is 0 Å². The Morgan fingerprint density at radius 2 is 1.71 bits per heavy atom. The highest BCUT2D eigenvalue weighted by Gasteiger charge is 2.11. The molecule has 2 aromatic carbocycles. The van der Waals surface area contributed by atoms with E-state index in [4.69, 9.17) is 0 Å². The van der Waals surface area contributed by atoms with Crippen LogP contribution in [0.25, 0.3) is 0 Å². The fraction of sp³-hybridized carbons (Fsp3) is 0.368. The van der Waals surface area contributed by atoms with E-state index in [0.717, 1.165) is 12.2 Å². The van der Waals surface area contributed by atoms with Crippen molar-refractivity contribution < 1.29 is 0 Å². The van der Waals surface area contributed by atoms with Crippen LogP contribution in [-0.2, 0) is 5.75 Å². The molecule has 0 aromatic heterocycles. The lowest BCUT2D eigenvalue weighted by molar-refractivity contribution is 0.568. The van der Waals surface area contributed by atoms with Crippen molar-refractivity contribution in [2.45, 2.75) is 43.9 Å². The maximum atomic E-state index is 3.41. The Hall–Kier alpha value is -1.25. The van der Waals surface area contributed by atoms with Gasteiger partial charge in [-0.3, -0.25) is 0 Å². The lowest BCUT2D eigenvalue weighted by Gasteiger charge is -2.18. The maximum absolute atomic E-state index is 3.41. The largest absolute Gasteiger partial charge is 0.313 e. The molecule has 0 amide bonds. The van der Waals surface area contributed by atoms with Crippen LogP contribution in [0.15, 0.2) is 47.4 Å². The molecule has 2 rings (SSSR count).